The molecule has 1 amide bonds. The predicted octanol–water partition coefficient (Wildman–Crippen LogP) is 3.04. The number of carbonyl (C=O) groups excluding carboxylic acids is 1. The van der Waals surface area contributed by atoms with Crippen molar-refractivity contribution in [2.45, 2.75) is 38.1 Å². The zero-order valence-corrected chi connectivity index (χ0v) is 19.6. The molecule has 2 aromatic rings. The second kappa shape index (κ2) is 8.88. The summed E-state index contributed by atoms with van der Waals surface area (Å²) in [7, 11) is -2.07. The number of para-hydroxylation sites is 2. The minimum Gasteiger partial charge on any atom is -0.495 e. The third-order valence-electron chi connectivity index (χ3n) is 5.18. The molecule has 1 fully saturated rings. The van der Waals surface area contributed by atoms with Crippen LogP contribution in [0.15, 0.2) is 47.4 Å². The molecule has 0 spiro atoms. The van der Waals surface area contributed by atoms with Crippen LogP contribution in [-0.4, -0.2) is 58.1 Å². The molecule has 3 rings (SSSR count). The van der Waals surface area contributed by atoms with Gasteiger partial charge >= 0.3 is 0 Å². The van der Waals surface area contributed by atoms with Crippen molar-refractivity contribution in [3.63, 3.8) is 0 Å². The summed E-state index contributed by atoms with van der Waals surface area (Å²) in [6, 6.07) is 12.6. The Hall–Kier alpha value is -2.58. The number of nitrogens with zero attached hydrogens (tertiary/aromatic N) is 2. The highest BCUT2D eigenvalue weighted by Gasteiger charge is 2.27. The van der Waals surface area contributed by atoms with E-state index in [0.29, 0.717) is 31.7 Å². The van der Waals surface area contributed by atoms with Crippen molar-refractivity contribution in [3.8, 4) is 5.75 Å². The van der Waals surface area contributed by atoms with Crippen molar-refractivity contribution < 1.29 is 17.9 Å². The van der Waals surface area contributed by atoms with E-state index < -0.39 is 15.6 Å². The molecule has 168 valence electrons. The van der Waals surface area contributed by atoms with E-state index in [-0.39, 0.29) is 10.8 Å². The Morgan fingerprint density at radius 2 is 1.68 bits per heavy atom. The number of aryl methyl sites for hydroxylation is 1. The number of methoxy groups -OCH3 is 1. The van der Waals surface area contributed by atoms with E-state index in [1.54, 1.807) is 44.9 Å². The second-order valence-corrected chi connectivity index (χ2v) is 10.5. The molecule has 1 N–H and O–H groups in total. The van der Waals surface area contributed by atoms with Gasteiger partial charge in [0.1, 0.15) is 5.75 Å². The highest BCUT2D eigenvalue weighted by Crippen LogP contribution is 2.29. The standard InChI is InChI=1S/C23H31N3O4S/c1-17-10-11-18(31(28,29)24-23(2,3)4)16-19(17)22(27)26-14-12-25(13-15-26)20-8-6-7-9-21(20)30-5/h6-11,16,24H,12-15H2,1-5H3. The predicted molar refractivity (Wildman–Crippen MR) is 122 cm³/mol. The quantitative estimate of drug-likeness (QED) is 0.765. The summed E-state index contributed by atoms with van der Waals surface area (Å²) in [5.41, 5.74) is 1.58. The lowest BCUT2D eigenvalue weighted by Crippen LogP contribution is -2.49. The number of hydrogen-bond donors (Lipinski definition) is 1. The van der Waals surface area contributed by atoms with Gasteiger partial charge in [0.05, 0.1) is 17.7 Å². The van der Waals surface area contributed by atoms with Crippen molar-refractivity contribution in [3.05, 3.63) is 53.6 Å². The topological polar surface area (TPSA) is 79.0 Å². The van der Waals surface area contributed by atoms with Crippen LogP contribution in [0.1, 0.15) is 36.7 Å². The lowest BCUT2D eigenvalue weighted by atomic mass is 10.1. The summed E-state index contributed by atoms with van der Waals surface area (Å²) in [6.07, 6.45) is 0. The number of ether oxygens (including phenoxy) is 1. The first-order chi connectivity index (χ1) is 14.5. The van der Waals surface area contributed by atoms with Gasteiger partial charge in [-0.25, -0.2) is 13.1 Å². The van der Waals surface area contributed by atoms with Crippen LogP contribution in [0.4, 0.5) is 5.69 Å². The Labute approximate surface area is 185 Å². The molecular formula is C23H31N3O4S. The van der Waals surface area contributed by atoms with Crippen LogP contribution >= 0.6 is 0 Å². The van der Waals surface area contributed by atoms with E-state index in [4.69, 9.17) is 4.74 Å². The molecule has 7 nitrogen and oxygen atoms in total. The maximum absolute atomic E-state index is 13.2. The highest BCUT2D eigenvalue weighted by molar-refractivity contribution is 7.89. The van der Waals surface area contributed by atoms with Gasteiger partial charge in [0.2, 0.25) is 10.0 Å². The average Bonchev–Trinajstić information content (AvgIpc) is 2.72. The fourth-order valence-electron chi connectivity index (χ4n) is 3.67. The third kappa shape index (κ3) is 5.37. The maximum atomic E-state index is 13.2. The van der Waals surface area contributed by atoms with Gasteiger partial charge in [-0.15, -0.1) is 0 Å². The molecule has 0 atom stereocenters. The van der Waals surface area contributed by atoms with E-state index in [9.17, 15) is 13.2 Å². The van der Waals surface area contributed by atoms with Crippen LogP contribution in [0.25, 0.3) is 0 Å². The normalized spacial score (nSPS) is 15.1. The van der Waals surface area contributed by atoms with Crippen LogP contribution < -0.4 is 14.4 Å². The molecule has 0 unspecified atom stereocenters. The number of amides is 1. The van der Waals surface area contributed by atoms with Gasteiger partial charge < -0.3 is 14.5 Å². The lowest BCUT2D eigenvalue weighted by Gasteiger charge is -2.36. The van der Waals surface area contributed by atoms with Crippen LogP contribution in [0.3, 0.4) is 0 Å². The molecule has 0 saturated carbocycles. The van der Waals surface area contributed by atoms with Crippen molar-refractivity contribution in [1.82, 2.24) is 9.62 Å². The molecule has 0 radical (unpaired) electrons. The van der Waals surface area contributed by atoms with Gasteiger partial charge in [-0.3, -0.25) is 4.79 Å². The lowest BCUT2D eigenvalue weighted by molar-refractivity contribution is 0.0745. The Morgan fingerprint density at radius 1 is 1.03 bits per heavy atom. The van der Waals surface area contributed by atoms with E-state index in [2.05, 4.69) is 9.62 Å². The molecule has 1 saturated heterocycles. The van der Waals surface area contributed by atoms with Crippen molar-refractivity contribution in [2.75, 3.05) is 38.2 Å². The minimum atomic E-state index is -3.72. The summed E-state index contributed by atoms with van der Waals surface area (Å²) < 4.78 is 33.5. The molecule has 31 heavy (non-hydrogen) atoms. The number of rotatable bonds is 5. The van der Waals surface area contributed by atoms with Crippen LogP contribution in [-0.2, 0) is 10.0 Å². The number of hydrogen-bond acceptors (Lipinski definition) is 5. The zero-order chi connectivity index (χ0) is 22.8. The smallest absolute Gasteiger partial charge is 0.254 e. The van der Waals surface area contributed by atoms with Crippen LogP contribution in [0, 0.1) is 6.92 Å². The largest absolute Gasteiger partial charge is 0.495 e. The minimum absolute atomic E-state index is 0.101. The van der Waals surface area contributed by atoms with Gasteiger partial charge in [0, 0.05) is 37.3 Å². The Kier molecular flexibility index (Phi) is 6.62. The highest BCUT2D eigenvalue weighted by atomic mass is 32.2. The molecule has 2 aromatic carbocycles. The fourth-order valence-corrected chi connectivity index (χ4v) is 5.12. The number of piperazine rings is 1. The van der Waals surface area contributed by atoms with Gasteiger partial charge in [-0.05, 0) is 57.5 Å². The fraction of sp³-hybridized carbons (Fsp3) is 0.435. The monoisotopic (exact) mass is 445 g/mol. The SMILES string of the molecule is COc1ccccc1N1CCN(C(=O)c2cc(S(=O)(=O)NC(C)(C)C)ccc2C)CC1. The summed E-state index contributed by atoms with van der Waals surface area (Å²) in [6.45, 7) is 9.63. The Bertz CT molecular complexity index is 1050. The first-order valence-electron chi connectivity index (χ1n) is 10.3. The Morgan fingerprint density at radius 3 is 2.29 bits per heavy atom. The molecule has 0 bridgehead atoms. The molecular weight excluding hydrogens is 414 g/mol. The number of carbonyl (C=O) groups is 1. The number of anilines is 1. The Balaban J connectivity index is 1.77. The maximum Gasteiger partial charge on any atom is 0.254 e. The molecule has 8 heteroatoms. The molecule has 1 aliphatic heterocycles. The van der Waals surface area contributed by atoms with Gasteiger partial charge in [-0.1, -0.05) is 18.2 Å². The summed E-state index contributed by atoms with van der Waals surface area (Å²) in [4.78, 5) is 17.3. The van der Waals surface area contributed by atoms with Crippen LogP contribution in [0.5, 0.6) is 5.75 Å². The van der Waals surface area contributed by atoms with Crippen molar-refractivity contribution in [2.24, 2.45) is 0 Å². The molecule has 1 aliphatic rings. The number of sulfonamides is 1. The van der Waals surface area contributed by atoms with Gasteiger partial charge in [0.15, 0.2) is 0 Å². The zero-order valence-electron chi connectivity index (χ0n) is 18.8. The summed E-state index contributed by atoms with van der Waals surface area (Å²) in [5, 5.41) is 0. The summed E-state index contributed by atoms with van der Waals surface area (Å²) >= 11 is 0. The van der Waals surface area contributed by atoms with Crippen LogP contribution in [0.2, 0.25) is 0 Å². The first-order valence-corrected chi connectivity index (χ1v) is 11.8. The second-order valence-electron chi connectivity index (χ2n) is 8.78. The molecule has 0 aromatic heterocycles. The van der Waals surface area contributed by atoms with E-state index in [1.165, 1.54) is 6.07 Å². The molecule has 1 heterocycles. The number of nitrogens with one attached hydrogen (secondary N) is 1. The first kappa shape index (κ1) is 23.1. The van der Waals surface area contributed by atoms with E-state index >= 15 is 0 Å². The van der Waals surface area contributed by atoms with Crippen molar-refractivity contribution in [1.29, 1.82) is 0 Å². The summed E-state index contributed by atoms with van der Waals surface area (Å²) in [5.74, 6) is 0.660. The van der Waals surface area contributed by atoms with E-state index in [1.807, 2.05) is 31.2 Å². The van der Waals surface area contributed by atoms with E-state index in [0.717, 1.165) is 17.0 Å². The van der Waals surface area contributed by atoms with Gasteiger partial charge in [0.25, 0.3) is 5.91 Å². The van der Waals surface area contributed by atoms with Crippen molar-refractivity contribution >= 4 is 21.6 Å². The number of benzene rings is 2. The van der Waals surface area contributed by atoms with Gasteiger partial charge in [-0.2, -0.15) is 0 Å². The third-order valence-corrected chi connectivity index (χ3v) is 6.94. The average molecular weight is 446 g/mol. The molecule has 0 aliphatic carbocycles.